The fourth-order valence-electron chi connectivity index (χ4n) is 4.00. The number of benzene rings is 1. The fraction of sp³-hybridized carbons (Fsp3) is 0.579. The predicted octanol–water partition coefficient (Wildman–Crippen LogP) is 1.34. The number of piperidine rings is 1. The Balaban J connectivity index is 1.46. The predicted molar refractivity (Wildman–Crippen MR) is 105 cm³/mol. The molecule has 0 unspecified atom stereocenters. The molecule has 152 valence electrons. The van der Waals surface area contributed by atoms with Crippen LogP contribution in [0.4, 0.5) is 0 Å². The van der Waals surface area contributed by atoms with Gasteiger partial charge in [0.2, 0.25) is 10.0 Å². The Morgan fingerprint density at radius 3 is 2.39 bits per heavy atom. The van der Waals surface area contributed by atoms with Gasteiger partial charge in [-0.25, -0.2) is 8.42 Å². The minimum Gasteiger partial charge on any atom is -0.497 e. The van der Waals surface area contributed by atoms with Gasteiger partial charge >= 0.3 is 0 Å². The summed E-state index contributed by atoms with van der Waals surface area (Å²) in [6.45, 7) is 3.89. The van der Waals surface area contributed by atoms with Gasteiger partial charge in [0.05, 0.1) is 12.0 Å². The molecule has 0 bridgehead atoms. The van der Waals surface area contributed by atoms with E-state index >= 15 is 0 Å². The summed E-state index contributed by atoms with van der Waals surface area (Å²) in [5.74, 6) is 2.97. The molecule has 4 rings (SSSR count). The van der Waals surface area contributed by atoms with Gasteiger partial charge in [0.1, 0.15) is 17.4 Å². The average Bonchev–Trinajstić information content (AvgIpc) is 3.04. The second-order valence-electron chi connectivity index (χ2n) is 7.53. The van der Waals surface area contributed by atoms with Crippen LogP contribution >= 0.6 is 0 Å². The van der Waals surface area contributed by atoms with Crippen molar-refractivity contribution in [3.8, 4) is 5.75 Å². The molecule has 2 aliphatic heterocycles. The molecular weight excluding hydrogens is 378 g/mol. The minimum absolute atomic E-state index is 0.256. The van der Waals surface area contributed by atoms with Crippen LogP contribution in [0.15, 0.2) is 29.2 Å². The summed E-state index contributed by atoms with van der Waals surface area (Å²) in [5, 5.41) is 8.87. The average molecular weight is 406 g/mol. The van der Waals surface area contributed by atoms with Gasteiger partial charge in [0.15, 0.2) is 0 Å². The van der Waals surface area contributed by atoms with Gasteiger partial charge in [-0.3, -0.25) is 0 Å². The van der Waals surface area contributed by atoms with Crippen molar-refractivity contribution in [1.82, 2.24) is 24.0 Å². The molecule has 0 N–H and O–H groups in total. The highest BCUT2D eigenvalue weighted by Crippen LogP contribution is 2.31. The Labute approximate surface area is 166 Å². The number of fused-ring (bicyclic) bond motifs is 1. The molecule has 0 spiro atoms. The van der Waals surface area contributed by atoms with Crippen molar-refractivity contribution in [2.75, 3.05) is 40.3 Å². The van der Waals surface area contributed by atoms with Crippen LogP contribution in [0.2, 0.25) is 0 Å². The van der Waals surface area contributed by atoms with Crippen molar-refractivity contribution in [3.63, 3.8) is 0 Å². The molecule has 8 nitrogen and oxygen atoms in total. The maximum Gasteiger partial charge on any atom is 0.243 e. The van der Waals surface area contributed by atoms with E-state index in [0.717, 1.165) is 50.5 Å². The van der Waals surface area contributed by atoms with Crippen LogP contribution in [0.1, 0.15) is 30.4 Å². The van der Waals surface area contributed by atoms with Crippen LogP contribution in [-0.4, -0.2) is 72.7 Å². The summed E-state index contributed by atoms with van der Waals surface area (Å²) in [6.07, 6.45) is 2.45. The normalized spacial score (nSPS) is 19.9. The zero-order valence-corrected chi connectivity index (χ0v) is 17.2. The molecule has 1 aromatic carbocycles. The zero-order chi connectivity index (χ0) is 19.7. The van der Waals surface area contributed by atoms with E-state index in [0.29, 0.717) is 23.7 Å². The summed E-state index contributed by atoms with van der Waals surface area (Å²) in [4.78, 5) is 2.62. The molecule has 3 heterocycles. The first-order chi connectivity index (χ1) is 13.5. The lowest BCUT2D eigenvalue weighted by atomic mass is 9.97. The number of ether oxygens (including phenoxy) is 1. The molecule has 0 aliphatic carbocycles. The molecule has 1 saturated heterocycles. The number of methoxy groups -OCH3 is 1. The molecule has 2 aliphatic rings. The summed E-state index contributed by atoms with van der Waals surface area (Å²) in [6, 6.07) is 6.58. The largest absolute Gasteiger partial charge is 0.497 e. The van der Waals surface area contributed by atoms with E-state index in [1.54, 1.807) is 35.7 Å². The SMILES string of the molecule is COc1ccc(S(=O)(=O)N2CCC(c3nnc4n3CCN(C)CC4)CC2)cc1. The van der Waals surface area contributed by atoms with Crippen LogP contribution in [0, 0.1) is 0 Å². The summed E-state index contributed by atoms with van der Waals surface area (Å²) in [7, 11) is 0.213. The standard InChI is InChI=1S/C19H27N5O3S/c1-22-10-9-18-20-21-19(24(18)14-13-22)15-7-11-23(12-8-15)28(25,26)17-5-3-16(27-2)4-6-17/h3-6,15H,7-14H2,1-2H3. The van der Waals surface area contributed by atoms with Gasteiger partial charge in [0, 0.05) is 45.1 Å². The highest BCUT2D eigenvalue weighted by atomic mass is 32.2. The quantitative estimate of drug-likeness (QED) is 0.764. The highest BCUT2D eigenvalue weighted by Gasteiger charge is 2.32. The Kier molecular flexibility index (Phi) is 5.39. The molecular formula is C19H27N5O3S. The summed E-state index contributed by atoms with van der Waals surface area (Å²) in [5.41, 5.74) is 0. The summed E-state index contributed by atoms with van der Waals surface area (Å²) >= 11 is 0. The lowest BCUT2D eigenvalue weighted by molar-refractivity contribution is 0.304. The molecule has 9 heteroatoms. The fourth-order valence-corrected chi connectivity index (χ4v) is 5.47. The molecule has 0 saturated carbocycles. The third-order valence-electron chi connectivity index (χ3n) is 5.79. The Morgan fingerprint density at radius 1 is 1.00 bits per heavy atom. The van der Waals surface area contributed by atoms with Crippen molar-refractivity contribution < 1.29 is 13.2 Å². The van der Waals surface area contributed by atoms with E-state index in [9.17, 15) is 8.42 Å². The Morgan fingerprint density at radius 2 is 1.71 bits per heavy atom. The number of rotatable bonds is 4. The third kappa shape index (κ3) is 3.66. The number of sulfonamides is 1. The van der Waals surface area contributed by atoms with Crippen molar-refractivity contribution in [2.24, 2.45) is 0 Å². The van der Waals surface area contributed by atoms with E-state index in [1.165, 1.54) is 0 Å². The second-order valence-corrected chi connectivity index (χ2v) is 9.47. The maximum absolute atomic E-state index is 12.9. The van der Waals surface area contributed by atoms with Gasteiger partial charge in [-0.05, 0) is 44.2 Å². The topological polar surface area (TPSA) is 80.6 Å². The van der Waals surface area contributed by atoms with E-state index in [4.69, 9.17) is 4.74 Å². The van der Waals surface area contributed by atoms with Crippen LogP contribution in [-0.2, 0) is 23.0 Å². The van der Waals surface area contributed by atoms with Crippen LogP contribution in [0.3, 0.4) is 0 Å². The van der Waals surface area contributed by atoms with Crippen molar-refractivity contribution in [1.29, 1.82) is 0 Å². The minimum atomic E-state index is -3.48. The first-order valence-corrected chi connectivity index (χ1v) is 11.2. The smallest absolute Gasteiger partial charge is 0.243 e. The maximum atomic E-state index is 12.9. The van der Waals surface area contributed by atoms with Gasteiger partial charge in [-0.2, -0.15) is 4.31 Å². The molecule has 2 aromatic rings. The number of hydrogen-bond acceptors (Lipinski definition) is 6. The monoisotopic (exact) mass is 405 g/mol. The number of nitrogens with zero attached hydrogens (tertiary/aromatic N) is 5. The number of likely N-dealkylation sites (N-methyl/N-ethyl adjacent to an activating group) is 1. The highest BCUT2D eigenvalue weighted by molar-refractivity contribution is 7.89. The lowest BCUT2D eigenvalue weighted by Gasteiger charge is -2.31. The molecule has 1 fully saturated rings. The first kappa shape index (κ1) is 19.4. The van der Waals surface area contributed by atoms with Crippen LogP contribution in [0.5, 0.6) is 5.75 Å². The first-order valence-electron chi connectivity index (χ1n) is 9.74. The summed E-state index contributed by atoms with van der Waals surface area (Å²) < 4.78 is 34.8. The van der Waals surface area contributed by atoms with Crippen LogP contribution < -0.4 is 4.74 Å². The third-order valence-corrected chi connectivity index (χ3v) is 7.71. The molecule has 0 atom stereocenters. The van der Waals surface area contributed by atoms with Crippen molar-refractivity contribution in [3.05, 3.63) is 35.9 Å². The van der Waals surface area contributed by atoms with E-state index in [1.807, 2.05) is 0 Å². The number of aromatic nitrogens is 3. The van der Waals surface area contributed by atoms with E-state index in [2.05, 4.69) is 26.7 Å². The Bertz CT molecular complexity index is 918. The lowest BCUT2D eigenvalue weighted by Crippen LogP contribution is -2.38. The van der Waals surface area contributed by atoms with Gasteiger partial charge in [-0.15, -0.1) is 10.2 Å². The Hall–Kier alpha value is -1.97. The zero-order valence-electron chi connectivity index (χ0n) is 16.4. The van der Waals surface area contributed by atoms with Gasteiger partial charge in [-0.1, -0.05) is 0 Å². The van der Waals surface area contributed by atoms with E-state index in [-0.39, 0.29) is 5.92 Å². The molecule has 1 aromatic heterocycles. The van der Waals surface area contributed by atoms with Gasteiger partial charge < -0.3 is 14.2 Å². The van der Waals surface area contributed by atoms with E-state index < -0.39 is 10.0 Å². The van der Waals surface area contributed by atoms with Crippen molar-refractivity contribution in [2.45, 2.75) is 36.6 Å². The van der Waals surface area contributed by atoms with Crippen LogP contribution in [0.25, 0.3) is 0 Å². The molecule has 0 radical (unpaired) electrons. The molecule has 28 heavy (non-hydrogen) atoms. The second kappa shape index (κ2) is 7.81. The van der Waals surface area contributed by atoms with Gasteiger partial charge in [0.25, 0.3) is 0 Å². The molecule has 0 amide bonds. The number of hydrogen-bond donors (Lipinski definition) is 0. The van der Waals surface area contributed by atoms with Crippen molar-refractivity contribution >= 4 is 10.0 Å².